The Morgan fingerprint density at radius 1 is 1.50 bits per heavy atom. The van der Waals surface area contributed by atoms with E-state index in [0.717, 1.165) is 12.8 Å². The number of nitrogens with two attached hydrogens (primary N) is 2. The van der Waals surface area contributed by atoms with Gasteiger partial charge in [-0.25, -0.2) is 9.97 Å². The fourth-order valence-electron chi connectivity index (χ4n) is 1.60. The zero-order valence-corrected chi connectivity index (χ0v) is 10.7. The SMILES string of the molecule is CCCCN(CC(N)=O)c1ncnc(N)c1OC. The third kappa shape index (κ3) is 3.47. The van der Waals surface area contributed by atoms with E-state index in [1.54, 1.807) is 4.90 Å². The van der Waals surface area contributed by atoms with Gasteiger partial charge in [0, 0.05) is 6.54 Å². The third-order valence-electron chi connectivity index (χ3n) is 2.44. The van der Waals surface area contributed by atoms with Gasteiger partial charge in [-0.15, -0.1) is 0 Å². The second-order valence-electron chi connectivity index (χ2n) is 3.86. The molecule has 0 saturated carbocycles. The van der Waals surface area contributed by atoms with Crippen LogP contribution in [-0.2, 0) is 4.79 Å². The van der Waals surface area contributed by atoms with Crippen molar-refractivity contribution in [3.8, 4) is 5.75 Å². The Hall–Kier alpha value is -2.05. The molecule has 1 heterocycles. The van der Waals surface area contributed by atoms with Crippen molar-refractivity contribution < 1.29 is 9.53 Å². The first-order valence-electron chi connectivity index (χ1n) is 5.77. The fourth-order valence-corrected chi connectivity index (χ4v) is 1.60. The standard InChI is InChI=1S/C11H19N5O2/c1-3-4-5-16(6-8(12)17)11-9(18-2)10(13)14-7-15-11/h7H,3-6H2,1-2H3,(H2,12,17)(H2,13,14,15). The average Bonchev–Trinajstić information content (AvgIpc) is 2.33. The molecule has 7 heteroatoms. The molecular formula is C11H19N5O2. The quantitative estimate of drug-likeness (QED) is 0.716. The van der Waals surface area contributed by atoms with Crippen LogP contribution < -0.4 is 21.1 Å². The highest BCUT2D eigenvalue weighted by atomic mass is 16.5. The van der Waals surface area contributed by atoms with Gasteiger partial charge in [0.25, 0.3) is 0 Å². The Morgan fingerprint density at radius 2 is 2.22 bits per heavy atom. The molecule has 0 radical (unpaired) electrons. The number of carbonyl (C=O) groups excluding carboxylic acids is 1. The molecule has 0 spiro atoms. The molecule has 18 heavy (non-hydrogen) atoms. The summed E-state index contributed by atoms with van der Waals surface area (Å²) in [5, 5.41) is 0. The van der Waals surface area contributed by atoms with Gasteiger partial charge in [0.2, 0.25) is 11.7 Å². The van der Waals surface area contributed by atoms with Crippen LogP contribution in [0.3, 0.4) is 0 Å². The Bertz CT molecular complexity index is 410. The van der Waals surface area contributed by atoms with E-state index in [9.17, 15) is 4.79 Å². The summed E-state index contributed by atoms with van der Waals surface area (Å²) in [6.45, 7) is 2.80. The molecule has 1 aromatic rings. The minimum absolute atomic E-state index is 0.0762. The Labute approximate surface area is 106 Å². The van der Waals surface area contributed by atoms with Crippen LogP contribution in [0.25, 0.3) is 0 Å². The summed E-state index contributed by atoms with van der Waals surface area (Å²) < 4.78 is 5.17. The van der Waals surface area contributed by atoms with Crippen molar-refractivity contribution in [1.82, 2.24) is 9.97 Å². The van der Waals surface area contributed by atoms with Gasteiger partial charge < -0.3 is 21.1 Å². The summed E-state index contributed by atoms with van der Waals surface area (Å²) in [7, 11) is 1.49. The average molecular weight is 253 g/mol. The summed E-state index contributed by atoms with van der Waals surface area (Å²) in [6, 6.07) is 0. The van der Waals surface area contributed by atoms with E-state index < -0.39 is 5.91 Å². The maximum atomic E-state index is 11.1. The molecule has 100 valence electrons. The van der Waals surface area contributed by atoms with Gasteiger partial charge >= 0.3 is 0 Å². The van der Waals surface area contributed by atoms with Crippen molar-refractivity contribution in [2.45, 2.75) is 19.8 Å². The lowest BCUT2D eigenvalue weighted by Gasteiger charge is -2.23. The highest BCUT2D eigenvalue weighted by Gasteiger charge is 2.18. The number of nitrogens with zero attached hydrogens (tertiary/aromatic N) is 3. The maximum Gasteiger partial charge on any atom is 0.237 e. The molecule has 0 aliphatic heterocycles. The van der Waals surface area contributed by atoms with Gasteiger partial charge in [-0.3, -0.25) is 4.79 Å². The number of hydrogen-bond donors (Lipinski definition) is 2. The summed E-state index contributed by atoms with van der Waals surface area (Å²) in [5.41, 5.74) is 10.9. The Balaban J connectivity index is 3.03. The molecule has 0 bridgehead atoms. The van der Waals surface area contributed by atoms with Crippen molar-refractivity contribution in [3.05, 3.63) is 6.33 Å². The van der Waals surface area contributed by atoms with Crippen LogP contribution in [0.5, 0.6) is 5.75 Å². The molecule has 0 aliphatic carbocycles. The van der Waals surface area contributed by atoms with Crippen molar-refractivity contribution in [2.75, 3.05) is 30.8 Å². The molecule has 4 N–H and O–H groups in total. The molecule has 1 aromatic heterocycles. The zero-order chi connectivity index (χ0) is 13.5. The monoisotopic (exact) mass is 253 g/mol. The predicted octanol–water partition coefficient (Wildman–Crippen LogP) is 0.159. The lowest BCUT2D eigenvalue weighted by atomic mass is 10.3. The molecule has 0 saturated heterocycles. The van der Waals surface area contributed by atoms with Crippen LogP contribution in [0.2, 0.25) is 0 Å². The number of rotatable bonds is 7. The van der Waals surface area contributed by atoms with E-state index in [1.165, 1.54) is 13.4 Å². The van der Waals surface area contributed by atoms with Crippen LogP contribution in [0.4, 0.5) is 11.6 Å². The topological polar surface area (TPSA) is 107 Å². The number of hydrogen-bond acceptors (Lipinski definition) is 6. The minimum Gasteiger partial charge on any atom is -0.490 e. The zero-order valence-electron chi connectivity index (χ0n) is 10.7. The van der Waals surface area contributed by atoms with E-state index >= 15 is 0 Å². The number of amides is 1. The summed E-state index contributed by atoms with van der Waals surface area (Å²) in [4.78, 5) is 20.8. The summed E-state index contributed by atoms with van der Waals surface area (Å²) in [5.74, 6) is 0.686. The van der Waals surface area contributed by atoms with Crippen LogP contribution in [-0.4, -0.2) is 36.1 Å². The van der Waals surface area contributed by atoms with Crippen LogP contribution in [0, 0.1) is 0 Å². The van der Waals surface area contributed by atoms with Gasteiger partial charge in [-0.2, -0.15) is 0 Å². The maximum absolute atomic E-state index is 11.1. The van der Waals surface area contributed by atoms with Gasteiger partial charge in [0.1, 0.15) is 6.33 Å². The molecule has 1 rings (SSSR count). The van der Waals surface area contributed by atoms with Crippen molar-refractivity contribution in [3.63, 3.8) is 0 Å². The minimum atomic E-state index is -0.426. The number of aromatic nitrogens is 2. The van der Waals surface area contributed by atoms with Crippen LogP contribution >= 0.6 is 0 Å². The first-order chi connectivity index (χ1) is 8.60. The third-order valence-corrected chi connectivity index (χ3v) is 2.44. The molecule has 0 aromatic carbocycles. The van der Waals surface area contributed by atoms with Gasteiger partial charge in [0.15, 0.2) is 11.6 Å². The highest BCUT2D eigenvalue weighted by molar-refractivity contribution is 5.80. The largest absolute Gasteiger partial charge is 0.490 e. The highest BCUT2D eigenvalue weighted by Crippen LogP contribution is 2.29. The number of nitrogen functional groups attached to an aromatic ring is 1. The number of anilines is 2. The Morgan fingerprint density at radius 3 is 2.78 bits per heavy atom. The van der Waals surface area contributed by atoms with E-state index in [1.807, 2.05) is 0 Å². The number of methoxy groups -OCH3 is 1. The summed E-state index contributed by atoms with van der Waals surface area (Å²) >= 11 is 0. The molecule has 7 nitrogen and oxygen atoms in total. The number of carbonyl (C=O) groups is 1. The van der Waals surface area contributed by atoms with Gasteiger partial charge in [-0.05, 0) is 6.42 Å². The molecule has 1 amide bonds. The number of primary amides is 1. The Kier molecular flexibility index (Phi) is 5.16. The lowest BCUT2D eigenvalue weighted by Crippen LogP contribution is -2.35. The number of unbranched alkanes of at least 4 members (excludes halogenated alkanes) is 1. The molecule has 0 fully saturated rings. The first-order valence-corrected chi connectivity index (χ1v) is 5.77. The smallest absolute Gasteiger partial charge is 0.237 e. The van der Waals surface area contributed by atoms with Crippen molar-refractivity contribution in [1.29, 1.82) is 0 Å². The van der Waals surface area contributed by atoms with Gasteiger partial charge in [0.05, 0.1) is 13.7 Å². The second-order valence-corrected chi connectivity index (χ2v) is 3.86. The van der Waals surface area contributed by atoms with Crippen LogP contribution in [0.1, 0.15) is 19.8 Å². The molecular weight excluding hydrogens is 234 g/mol. The second kappa shape index (κ2) is 6.63. The van der Waals surface area contributed by atoms with Crippen LogP contribution in [0.15, 0.2) is 6.33 Å². The van der Waals surface area contributed by atoms with E-state index in [-0.39, 0.29) is 12.4 Å². The van der Waals surface area contributed by atoms with Crippen molar-refractivity contribution in [2.24, 2.45) is 5.73 Å². The van der Waals surface area contributed by atoms with Crippen molar-refractivity contribution >= 4 is 17.5 Å². The predicted molar refractivity (Wildman–Crippen MR) is 69.3 cm³/mol. The molecule has 0 unspecified atom stereocenters. The van der Waals surface area contributed by atoms with E-state index in [4.69, 9.17) is 16.2 Å². The first kappa shape index (κ1) is 14.0. The van der Waals surface area contributed by atoms with E-state index in [0.29, 0.717) is 18.1 Å². The van der Waals surface area contributed by atoms with Gasteiger partial charge in [-0.1, -0.05) is 13.3 Å². The lowest BCUT2D eigenvalue weighted by molar-refractivity contribution is -0.116. The normalized spacial score (nSPS) is 10.1. The molecule has 0 aliphatic rings. The van der Waals surface area contributed by atoms with E-state index in [2.05, 4.69) is 16.9 Å². The number of ether oxygens (including phenoxy) is 1. The fraction of sp³-hybridized carbons (Fsp3) is 0.545. The summed E-state index contributed by atoms with van der Waals surface area (Å²) in [6.07, 6.45) is 3.26. The molecule has 0 atom stereocenters.